The Bertz CT molecular complexity index is 766. The minimum absolute atomic E-state index is 0.0314. The van der Waals surface area contributed by atoms with Gasteiger partial charge >= 0.3 is 0 Å². The highest BCUT2D eigenvalue weighted by Gasteiger charge is 2.46. The van der Waals surface area contributed by atoms with Crippen LogP contribution in [0, 0.1) is 17.0 Å². The summed E-state index contributed by atoms with van der Waals surface area (Å²) in [6, 6.07) is 3.34. The topological polar surface area (TPSA) is 43.9 Å². The molecule has 0 aromatic heterocycles. The Labute approximate surface area is 170 Å². The third kappa shape index (κ3) is 4.15. The van der Waals surface area contributed by atoms with Crippen molar-refractivity contribution in [3.05, 3.63) is 29.8 Å². The average Bonchev–Trinajstić information content (AvgIpc) is 3.11. The van der Waals surface area contributed by atoms with Crippen molar-refractivity contribution >= 4 is 17.5 Å². The van der Waals surface area contributed by atoms with Crippen molar-refractivity contribution in [2.75, 3.05) is 37.6 Å². The van der Waals surface area contributed by atoms with Gasteiger partial charge in [0.15, 0.2) is 0 Å². The molecule has 1 saturated carbocycles. The summed E-state index contributed by atoms with van der Waals surface area (Å²) in [5.74, 6) is -0.926. The van der Waals surface area contributed by atoms with Crippen LogP contribution in [0.3, 0.4) is 0 Å². The van der Waals surface area contributed by atoms with E-state index in [9.17, 15) is 18.4 Å². The maximum atomic E-state index is 14.0. The number of benzene rings is 1. The fourth-order valence-corrected chi connectivity index (χ4v) is 5.34. The quantitative estimate of drug-likeness (QED) is 0.722. The van der Waals surface area contributed by atoms with Gasteiger partial charge in [0.2, 0.25) is 11.8 Å². The van der Waals surface area contributed by atoms with Crippen molar-refractivity contribution in [2.24, 2.45) is 5.41 Å². The lowest BCUT2D eigenvalue weighted by molar-refractivity contribution is -0.156. The van der Waals surface area contributed by atoms with Crippen molar-refractivity contribution in [1.82, 2.24) is 9.80 Å². The number of hydrogen-bond acceptors (Lipinski definition) is 4. The van der Waals surface area contributed by atoms with Crippen LogP contribution in [0.4, 0.5) is 14.5 Å². The van der Waals surface area contributed by atoms with E-state index in [4.69, 9.17) is 0 Å². The number of hydrogen-bond donors (Lipinski definition) is 0. The van der Waals surface area contributed by atoms with Gasteiger partial charge < -0.3 is 4.90 Å². The molecule has 1 aliphatic carbocycles. The first-order chi connectivity index (χ1) is 13.9. The van der Waals surface area contributed by atoms with Gasteiger partial charge in [0.1, 0.15) is 11.6 Å². The number of piperazine rings is 1. The fraction of sp³-hybridized carbons (Fsp3) is 0.636. The molecule has 1 atom stereocenters. The third-order valence-electron chi connectivity index (χ3n) is 6.84. The van der Waals surface area contributed by atoms with Gasteiger partial charge in [-0.15, -0.1) is 0 Å². The van der Waals surface area contributed by atoms with E-state index in [1.807, 2.05) is 11.8 Å². The number of nitrogens with zero attached hydrogens (tertiary/aromatic N) is 3. The number of anilines is 1. The molecule has 2 heterocycles. The highest BCUT2D eigenvalue weighted by Crippen LogP contribution is 2.47. The molecule has 0 N–H and O–H groups in total. The summed E-state index contributed by atoms with van der Waals surface area (Å²) in [6.07, 6.45) is 5.21. The molecule has 0 radical (unpaired) electrons. The molecular weight excluding hydrogens is 376 g/mol. The number of likely N-dealkylation sites (tertiary alicyclic amines) is 1. The van der Waals surface area contributed by atoms with Gasteiger partial charge in [-0.25, -0.2) is 8.78 Å². The van der Waals surface area contributed by atoms with Gasteiger partial charge in [0.25, 0.3) is 0 Å². The first-order valence-corrected chi connectivity index (χ1v) is 10.6. The first kappa shape index (κ1) is 20.3. The van der Waals surface area contributed by atoms with Gasteiger partial charge in [-0.3, -0.25) is 19.4 Å². The smallest absolute Gasteiger partial charge is 0.230 e. The average molecular weight is 405 g/mol. The lowest BCUT2D eigenvalue weighted by Gasteiger charge is -2.42. The zero-order chi connectivity index (χ0) is 20.6. The van der Waals surface area contributed by atoms with E-state index in [0.717, 1.165) is 37.8 Å². The van der Waals surface area contributed by atoms with Gasteiger partial charge in [-0.2, -0.15) is 0 Å². The number of imide groups is 1. The molecule has 5 nitrogen and oxygen atoms in total. The van der Waals surface area contributed by atoms with E-state index >= 15 is 0 Å². The highest BCUT2D eigenvalue weighted by molar-refractivity contribution is 5.99. The summed E-state index contributed by atoms with van der Waals surface area (Å²) < 4.78 is 27.5. The summed E-state index contributed by atoms with van der Waals surface area (Å²) in [6.45, 7) is 5.07. The highest BCUT2D eigenvalue weighted by atomic mass is 19.1. The van der Waals surface area contributed by atoms with Gasteiger partial charge in [-0.05, 0) is 37.3 Å². The number of carbonyl (C=O) groups is 2. The summed E-state index contributed by atoms with van der Waals surface area (Å²) in [7, 11) is 0. The Morgan fingerprint density at radius 1 is 1.00 bits per heavy atom. The number of piperidine rings is 1. The summed E-state index contributed by atoms with van der Waals surface area (Å²) >= 11 is 0. The third-order valence-corrected chi connectivity index (χ3v) is 6.84. The van der Waals surface area contributed by atoms with Crippen LogP contribution >= 0.6 is 0 Å². The molecule has 7 heteroatoms. The molecule has 1 aromatic rings. The van der Waals surface area contributed by atoms with Gasteiger partial charge in [0.05, 0.1) is 5.69 Å². The second kappa shape index (κ2) is 8.01. The van der Waals surface area contributed by atoms with E-state index in [0.29, 0.717) is 51.3 Å². The Morgan fingerprint density at radius 3 is 2.24 bits per heavy atom. The molecule has 3 fully saturated rings. The molecule has 29 heavy (non-hydrogen) atoms. The largest absolute Gasteiger partial charge is 0.367 e. The van der Waals surface area contributed by atoms with Crippen LogP contribution in [0.5, 0.6) is 0 Å². The van der Waals surface area contributed by atoms with E-state index in [1.54, 1.807) is 0 Å². The molecule has 2 amide bonds. The van der Waals surface area contributed by atoms with Crippen LogP contribution < -0.4 is 4.90 Å². The molecule has 4 rings (SSSR count). The predicted molar refractivity (Wildman–Crippen MR) is 106 cm³/mol. The Morgan fingerprint density at radius 2 is 1.62 bits per heavy atom. The van der Waals surface area contributed by atoms with E-state index < -0.39 is 11.6 Å². The number of rotatable bonds is 4. The molecule has 2 aliphatic heterocycles. The summed E-state index contributed by atoms with van der Waals surface area (Å²) in [5.41, 5.74) is 0.214. The normalized spacial score (nSPS) is 23.8. The zero-order valence-electron chi connectivity index (χ0n) is 17.0. The lowest BCUT2D eigenvalue weighted by atomic mass is 9.76. The molecule has 3 aliphatic rings. The molecule has 0 unspecified atom stereocenters. The van der Waals surface area contributed by atoms with Crippen LogP contribution in [-0.2, 0) is 9.59 Å². The molecule has 0 bridgehead atoms. The minimum atomic E-state index is -0.445. The lowest BCUT2D eigenvalue weighted by Crippen LogP contribution is -2.56. The van der Waals surface area contributed by atoms with Gasteiger partial charge in [-0.1, -0.05) is 12.8 Å². The Kier molecular flexibility index (Phi) is 5.60. The molecule has 158 valence electrons. The first-order valence-electron chi connectivity index (χ1n) is 10.6. The molecule has 1 spiro atoms. The van der Waals surface area contributed by atoms with Crippen LogP contribution in [0.15, 0.2) is 18.2 Å². The van der Waals surface area contributed by atoms with Crippen LogP contribution in [0.25, 0.3) is 0 Å². The SMILES string of the molecule is C[C@H](CN1CCN(c2cc(F)ccc2F)CC1)N1C(=O)CC2(CCCC2)CC1=O. The van der Waals surface area contributed by atoms with E-state index in [-0.39, 0.29) is 23.3 Å². The zero-order valence-corrected chi connectivity index (χ0v) is 17.0. The molecule has 2 saturated heterocycles. The van der Waals surface area contributed by atoms with Gasteiger partial charge in [0, 0.05) is 57.7 Å². The number of carbonyl (C=O) groups excluding carboxylic acids is 2. The second-order valence-electron chi connectivity index (χ2n) is 8.95. The minimum Gasteiger partial charge on any atom is -0.367 e. The Balaban J connectivity index is 1.33. The van der Waals surface area contributed by atoms with Crippen molar-refractivity contribution in [3.8, 4) is 0 Å². The van der Waals surface area contributed by atoms with Crippen LogP contribution in [0.2, 0.25) is 0 Å². The van der Waals surface area contributed by atoms with Crippen LogP contribution in [0.1, 0.15) is 45.4 Å². The van der Waals surface area contributed by atoms with E-state index in [2.05, 4.69) is 4.90 Å². The maximum Gasteiger partial charge on any atom is 0.230 e. The maximum absolute atomic E-state index is 14.0. The fourth-order valence-electron chi connectivity index (χ4n) is 5.34. The van der Waals surface area contributed by atoms with Crippen molar-refractivity contribution in [2.45, 2.75) is 51.5 Å². The Hall–Kier alpha value is -2.02. The summed E-state index contributed by atoms with van der Waals surface area (Å²) in [4.78, 5) is 31.0. The monoisotopic (exact) mass is 405 g/mol. The van der Waals surface area contributed by atoms with Crippen LogP contribution in [-0.4, -0.2) is 60.4 Å². The van der Waals surface area contributed by atoms with Crippen molar-refractivity contribution in [1.29, 1.82) is 0 Å². The number of halogens is 2. The standard InChI is InChI=1S/C22H29F2N3O2/c1-16(27-20(28)13-22(14-21(27)29)6-2-3-7-22)15-25-8-10-26(11-9-25)19-12-17(23)4-5-18(19)24/h4-5,12,16H,2-3,6-11,13-15H2,1H3/t16-/m1/s1. The summed E-state index contributed by atoms with van der Waals surface area (Å²) in [5, 5.41) is 0. The molecular formula is C22H29F2N3O2. The van der Waals surface area contributed by atoms with E-state index in [1.165, 1.54) is 11.0 Å². The number of amides is 2. The van der Waals surface area contributed by atoms with Crippen molar-refractivity contribution < 1.29 is 18.4 Å². The predicted octanol–water partition coefficient (Wildman–Crippen LogP) is 3.18. The second-order valence-corrected chi connectivity index (χ2v) is 8.95. The molecule has 1 aromatic carbocycles. The van der Waals surface area contributed by atoms with Crippen molar-refractivity contribution in [3.63, 3.8) is 0 Å².